The molecule has 0 radical (unpaired) electrons. The van der Waals surface area contributed by atoms with Crippen LogP contribution in [0.5, 0.6) is 0 Å². The molecule has 0 heterocycles. The van der Waals surface area contributed by atoms with Crippen molar-refractivity contribution in [3.8, 4) is 0 Å². The summed E-state index contributed by atoms with van der Waals surface area (Å²) in [6, 6.07) is 0. The van der Waals surface area contributed by atoms with E-state index in [-0.39, 0.29) is 6.10 Å². The van der Waals surface area contributed by atoms with E-state index in [4.69, 9.17) is 9.47 Å². The summed E-state index contributed by atoms with van der Waals surface area (Å²) in [6.45, 7) is 9.52. The van der Waals surface area contributed by atoms with Crippen LogP contribution in [0, 0.1) is 0 Å². The van der Waals surface area contributed by atoms with Gasteiger partial charge in [0.05, 0.1) is 18.8 Å². The lowest BCUT2D eigenvalue weighted by atomic mass is 10.3. The van der Waals surface area contributed by atoms with Crippen LogP contribution in [0.25, 0.3) is 0 Å². The quantitative estimate of drug-likeness (QED) is 0.526. The minimum absolute atomic E-state index is 0.178. The third-order valence-electron chi connectivity index (χ3n) is 1.99. The molecule has 98 valence electrons. The van der Waals surface area contributed by atoms with E-state index in [1.165, 1.54) is 0 Å². The number of aliphatic hydroxyl groups excluding tert-OH is 1. The highest BCUT2D eigenvalue weighted by atomic mass is 16.5. The summed E-state index contributed by atoms with van der Waals surface area (Å²) in [6.07, 6.45) is 1.81. The van der Waals surface area contributed by atoms with Crippen molar-refractivity contribution in [1.29, 1.82) is 0 Å². The topological polar surface area (TPSA) is 50.7 Å². The van der Waals surface area contributed by atoms with Crippen LogP contribution in [-0.4, -0.2) is 50.2 Å². The fraction of sp³-hybridized carbons (Fsp3) is 1.00. The molecule has 0 rings (SSSR count). The standard InChI is InChI=1S/C12H27NO3/c1-4-7-15-8-5-6-13-9-12(14)10-16-11(2)3/h11-14H,4-10H2,1-3H3. The Hall–Kier alpha value is -0.160. The SMILES string of the molecule is CCCOCCCNCC(O)COC(C)C. The molecular formula is C12H27NO3. The summed E-state index contributed by atoms with van der Waals surface area (Å²) in [5.74, 6) is 0. The van der Waals surface area contributed by atoms with E-state index >= 15 is 0 Å². The summed E-state index contributed by atoms with van der Waals surface area (Å²) in [5, 5.41) is 12.7. The van der Waals surface area contributed by atoms with Crippen molar-refractivity contribution < 1.29 is 14.6 Å². The Bertz CT molecular complexity index is 142. The van der Waals surface area contributed by atoms with Gasteiger partial charge in [-0.05, 0) is 33.2 Å². The van der Waals surface area contributed by atoms with Gasteiger partial charge in [0.2, 0.25) is 0 Å². The lowest BCUT2D eigenvalue weighted by Gasteiger charge is -2.14. The number of hydrogen-bond acceptors (Lipinski definition) is 4. The number of hydrogen-bond donors (Lipinski definition) is 2. The highest BCUT2D eigenvalue weighted by Crippen LogP contribution is 1.91. The minimum Gasteiger partial charge on any atom is -0.389 e. The van der Waals surface area contributed by atoms with Gasteiger partial charge in [0, 0.05) is 19.8 Å². The molecular weight excluding hydrogens is 206 g/mol. The van der Waals surface area contributed by atoms with Gasteiger partial charge in [-0.3, -0.25) is 0 Å². The second kappa shape index (κ2) is 11.3. The molecule has 0 spiro atoms. The van der Waals surface area contributed by atoms with Crippen LogP contribution in [0.2, 0.25) is 0 Å². The van der Waals surface area contributed by atoms with Crippen molar-refractivity contribution in [3.05, 3.63) is 0 Å². The van der Waals surface area contributed by atoms with E-state index in [1.54, 1.807) is 0 Å². The van der Waals surface area contributed by atoms with E-state index in [1.807, 2.05) is 13.8 Å². The van der Waals surface area contributed by atoms with Gasteiger partial charge in [-0.15, -0.1) is 0 Å². The van der Waals surface area contributed by atoms with Crippen LogP contribution in [0.3, 0.4) is 0 Å². The van der Waals surface area contributed by atoms with Gasteiger partial charge in [-0.2, -0.15) is 0 Å². The molecule has 4 heteroatoms. The number of rotatable bonds is 11. The second-order valence-corrected chi connectivity index (χ2v) is 4.21. The molecule has 0 amide bonds. The maximum Gasteiger partial charge on any atom is 0.0897 e. The van der Waals surface area contributed by atoms with Crippen LogP contribution in [-0.2, 0) is 9.47 Å². The Morgan fingerprint density at radius 2 is 2.00 bits per heavy atom. The molecule has 1 atom stereocenters. The van der Waals surface area contributed by atoms with Crippen LogP contribution in [0.1, 0.15) is 33.6 Å². The fourth-order valence-corrected chi connectivity index (χ4v) is 1.18. The minimum atomic E-state index is -0.418. The molecule has 0 aromatic carbocycles. The Morgan fingerprint density at radius 1 is 1.25 bits per heavy atom. The number of aliphatic hydroxyl groups is 1. The Labute approximate surface area is 99.3 Å². The second-order valence-electron chi connectivity index (χ2n) is 4.21. The summed E-state index contributed by atoms with van der Waals surface area (Å²) >= 11 is 0. The van der Waals surface area contributed by atoms with Gasteiger partial charge >= 0.3 is 0 Å². The third-order valence-corrected chi connectivity index (χ3v) is 1.99. The average Bonchev–Trinajstić information content (AvgIpc) is 2.25. The number of nitrogens with one attached hydrogen (secondary N) is 1. The molecule has 0 saturated carbocycles. The molecule has 4 nitrogen and oxygen atoms in total. The van der Waals surface area contributed by atoms with Crippen LogP contribution in [0.4, 0.5) is 0 Å². The van der Waals surface area contributed by atoms with Gasteiger partial charge in [-0.25, -0.2) is 0 Å². The van der Waals surface area contributed by atoms with Gasteiger partial charge in [-0.1, -0.05) is 6.92 Å². The maximum atomic E-state index is 9.52. The molecule has 16 heavy (non-hydrogen) atoms. The maximum absolute atomic E-state index is 9.52. The molecule has 2 N–H and O–H groups in total. The van der Waals surface area contributed by atoms with E-state index < -0.39 is 6.10 Å². The van der Waals surface area contributed by atoms with Crippen molar-refractivity contribution in [1.82, 2.24) is 5.32 Å². The summed E-state index contributed by atoms with van der Waals surface area (Å²) < 4.78 is 10.6. The molecule has 0 saturated heterocycles. The van der Waals surface area contributed by atoms with Crippen LogP contribution < -0.4 is 5.32 Å². The number of ether oxygens (including phenoxy) is 2. The predicted octanol–water partition coefficient (Wildman–Crippen LogP) is 1.18. The van der Waals surface area contributed by atoms with Crippen molar-refractivity contribution in [2.75, 3.05) is 32.9 Å². The summed E-state index contributed by atoms with van der Waals surface area (Å²) in [4.78, 5) is 0. The average molecular weight is 233 g/mol. The van der Waals surface area contributed by atoms with Gasteiger partial charge in [0.25, 0.3) is 0 Å². The fourth-order valence-electron chi connectivity index (χ4n) is 1.18. The third kappa shape index (κ3) is 11.9. The molecule has 0 aliphatic rings. The zero-order chi connectivity index (χ0) is 12.2. The van der Waals surface area contributed by atoms with Crippen molar-refractivity contribution in [2.45, 2.75) is 45.8 Å². The highest BCUT2D eigenvalue weighted by Gasteiger charge is 2.04. The normalized spacial score (nSPS) is 13.3. The van der Waals surface area contributed by atoms with Gasteiger partial charge in [0.1, 0.15) is 0 Å². The molecule has 0 aromatic rings. The first-order valence-corrected chi connectivity index (χ1v) is 6.25. The van der Waals surface area contributed by atoms with Gasteiger partial charge < -0.3 is 19.9 Å². The van der Waals surface area contributed by atoms with E-state index in [0.717, 1.165) is 32.6 Å². The largest absolute Gasteiger partial charge is 0.389 e. The van der Waals surface area contributed by atoms with Crippen LogP contribution >= 0.6 is 0 Å². The molecule has 1 unspecified atom stereocenters. The highest BCUT2D eigenvalue weighted by molar-refractivity contribution is 4.58. The summed E-state index contributed by atoms with van der Waals surface area (Å²) in [7, 11) is 0. The first-order chi connectivity index (χ1) is 7.66. The Morgan fingerprint density at radius 3 is 2.62 bits per heavy atom. The van der Waals surface area contributed by atoms with Crippen LogP contribution in [0.15, 0.2) is 0 Å². The zero-order valence-electron chi connectivity index (χ0n) is 10.9. The first-order valence-electron chi connectivity index (χ1n) is 6.25. The van der Waals surface area contributed by atoms with Crippen molar-refractivity contribution in [3.63, 3.8) is 0 Å². The molecule has 0 bridgehead atoms. The van der Waals surface area contributed by atoms with E-state index in [0.29, 0.717) is 13.2 Å². The van der Waals surface area contributed by atoms with E-state index in [2.05, 4.69) is 12.2 Å². The van der Waals surface area contributed by atoms with E-state index in [9.17, 15) is 5.11 Å². The van der Waals surface area contributed by atoms with Crippen molar-refractivity contribution in [2.24, 2.45) is 0 Å². The van der Waals surface area contributed by atoms with Crippen molar-refractivity contribution >= 4 is 0 Å². The molecule has 0 aliphatic heterocycles. The summed E-state index contributed by atoms with van der Waals surface area (Å²) in [5.41, 5.74) is 0. The molecule has 0 aliphatic carbocycles. The first kappa shape index (κ1) is 15.8. The molecule has 0 aromatic heterocycles. The lowest BCUT2D eigenvalue weighted by molar-refractivity contribution is 0.00627. The smallest absolute Gasteiger partial charge is 0.0897 e. The predicted molar refractivity (Wildman–Crippen MR) is 65.7 cm³/mol. The Balaban J connectivity index is 3.12. The monoisotopic (exact) mass is 233 g/mol. The zero-order valence-corrected chi connectivity index (χ0v) is 10.9. The van der Waals surface area contributed by atoms with Gasteiger partial charge in [0.15, 0.2) is 0 Å². The molecule has 0 fully saturated rings. The lowest BCUT2D eigenvalue weighted by Crippen LogP contribution is -2.32. The Kier molecular flexibility index (Phi) is 11.2.